The maximum Gasteiger partial charge on any atom is 0.270 e. The summed E-state index contributed by atoms with van der Waals surface area (Å²) in [6, 6.07) is 0. The van der Waals surface area contributed by atoms with Gasteiger partial charge in [-0.1, -0.05) is 0 Å². The number of amides is 1. The van der Waals surface area contributed by atoms with Crippen LogP contribution >= 0.6 is 11.3 Å². The highest BCUT2D eigenvalue weighted by Gasteiger charge is 2.06. The highest BCUT2D eigenvalue weighted by Crippen LogP contribution is 2.00. The fraction of sp³-hybridized carbons (Fsp3) is 0.333. The summed E-state index contributed by atoms with van der Waals surface area (Å²) in [6.45, 7) is 0.514. The van der Waals surface area contributed by atoms with Crippen LogP contribution in [0.4, 0.5) is 0 Å². The molecule has 1 N–H and O–H groups in total. The van der Waals surface area contributed by atoms with E-state index in [0.29, 0.717) is 18.7 Å². The predicted octanol–water partition coefficient (Wildman–Crippen LogP) is 0.244. The molecular weight excluding hydrogens is 226 g/mol. The van der Waals surface area contributed by atoms with Crippen molar-refractivity contribution in [3.05, 3.63) is 28.7 Å². The number of aromatic nitrogens is 4. The van der Waals surface area contributed by atoms with E-state index in [0.717, 1.165) is 5.82 Å². The zero-order valence-corrected chi connectivity index (χ0v) is 9.57. The Kier molecular flexibility index (Phi) is 3.25. The van der Waals surface area contributed by atoms with Crippen LogP contribution in [0.1, 0.15) is 16.3 Å². The molecule has 2 heterocycles. The second-order valence-corrected chi connectivity index (χ2v) is 3.93. The number of hydrogen-bond acceptors (Lipinski definition) is 5. The number of rotatable bonds is 4. The molecule has 0 saturated carbocycles. The highest BCUT2D eigenvalue weighted by atomic mass is 32.1. The van der Waals surface area contributed by atoms with Crippen molar-refractivity contribution in [3.63, 3.8) is 0 Å². The number of hydrogen-bond donors (Lipinski definition) is 1. The fourth-order valence-electron chi connectivity index (χ4n) is 1.20. The molecule has 0 saturated heterocycles. The quantitative estimate of drug-likeness (QED) is 0.827. The van der Waals surface area contributed by atoms with E-state index >= 15 is 0 Å². The van der Waals surface area contributed by atoms with Crippen molar-refractivity contribution in [2.24, 2.45) is 7.05 Å². The molecule has 0 spiro atoms. The Hall–Kier alpha value is -1.76. The van der Waals surface area contributed by atoms with Crippen LogP contribution in [0, 0.1) is 0 Å². The number of aryl methyl sites for hydroxylation is 1. The molecule has 84 valence electrons. The van der Waals surface area contributed by atoms with E-state index in [1.165, 1.54) is 11.3 Å². The van der Waals surface area contributed by atoms with E-state index < -0.39 is 0 Å². The van der Waals surface area contributed by atoms with Crippen LogP contribution in [0.3, 0.4) is 0 Å². The molecule has 0 radical (unpaired) electrons. The van der Waals surface area contributed by atoms with Crippen molar-refractivity contribution in [3.8, 4) is 0 Å². The molecule has 0 atom stereocenters. The minimum Gasteiger partial charge on any atom is -0.350 e. The van der Waals surface area contributed by atoms with Crippen LogP contribution in [0.5, 0.6) is 0 Å². The van der Waals surface area contributed by atoms with Crippen LogP contribution < -0.4 is 5.32 Å². The van der Waals surface area contributed by atoms with E-state index in [1.807, 2.05) is 7.05 Å². The molecule has 2 aromatic rings. The minimum absolute atomic E-state index is 0.155. The zero-order chi connectivity index (χ0) is 11.4. The van der Waals surface area contributed by atoms with Crippen LogP contribution in [0.25, 0.3) is 0 Å². The Bertz CT molecular complexity index is 464. The first kappa shape index (κ1) is 10.7. The third-order valence-corrected chi connectivity index (χ3v) is 2.53. The number of nitrogens with one attached hydrogen (secondary N) is 1. The summed E-state index contributed by atoms with van der Waals surface area (Å²) in [5.74, 6) is 0.568. The fourth-order valence-corrected chi connectivity index (χ4v) is 1.73. The number of thiazole rings is 1. The van der Waals surface area contributed by atoms with Gasteiger partial charge >= 0.3 is 0 Å². The van der Waals surface area contributed by atoms with E-state index in [4.69, 9.17) is 0 Å². The van der Waals surface area contributed by atoms with Gasteiger partial charge in [0.1, 0.15) is 12.0 Å². The molecule has 0 unspecified atom stereocenters. The molecule has 0 aliphatic heterocycles. The molecule has 0 aliphatic rings. The first-order valence-corrected chi connectivity index (χ1v) is 5.71. The molecule has 0 fully saturated rings. The van der Waals surface area contributed by atoms with Gasteiger partial charge in [0.25, 0.3) is 5.91 Å². The van der Waals surface area contributed by atoms with Gasteiger partial charge in [0.15, 0.2) is 5.82 Å². The molecule has 16 heavy (non-hydrogen) atoms. The van der Waals surface area contributed by atoms with E-state index in [9.17, 15) is 4.79 Å². The summed E-state index contributed by atoms with van der Waals surface area (Å²) in [4.78, 5) is 19.5. The Morgan fingerprint density at radius 2 is 2.44 bits per heavy atom. The van der Waals surface area contributed by atoms with Gasteiger partial charge in [-0.15, -0.1) is 11.3 Å². The molecule has 2 aromatic heterocycles. The summed E-state index contributed by atoms with van der Waals surface area (Å²) in [6.07, 6.45) is 2.26. The molecule has 6 nitrogen and oxygen atoms in total. The van der Waals surface area contributed by atoms with Gasteiger partial charge in [-0.3, -0.25) is 9.48 Å². The van der Waals surface area contributed by atoms with Gasteiger partial charge in [-0.05, 0) is 0 Å². The van der Waals surface area contributed by atoms with Crippen LogP contribution in [-0.2, 0) is 13.5 Å². The summed E-state index contributed by atoms with van der Waals surface area (Å²) in [7, 11) is 1.81. The predicted molar refractivity (Wildman–Crippen MR) is 59.2 cm³/mol. The molecule has 1 amide bonds. The van der Waals surface area contributed by atoms with Crippen molar-refractivity contribution in [1.29, 1.82) is 0 Å². The lowest BCUT2D eigenvalue weighted by atomic mass is 10.4. The third-order valence-electron chi connectivity index (χ3n) is 1.95. The second kappa shape index (κ2) is 4.84. The summed E-state index contributed by atoms with van der Waals surface area (Å²) in [5.41, 5.74) is 2.09. The third kappa shape index (κ3) is 2.63. The van der Waals surface area contributed by atoms with Gasteiger partial charge < -0.3 is 5.32 Å². The Labute approximate surface area is 96.3 Å². The van der Waals surface area contributed by atoms with Crippen molar-refractivity contribution in [2.45, 2.75) is 6.42 Å². The molecule has 7 heteroatoms. The lowest BCUT2D eigenvalue weighted by Crippen LogP contribution is -2.26. The van der Waals surface area contributed by atoms with Crippen molar-refractivity contribution >= 4 is 17.2 Å². The molecule has 0 aromatic carbocycles. The lowest BCUT2D eigenvalue weighted by molar-refractivity contribution is 0.0949. The summed E-state index contributed by atoms with van der Waals surface area (Å²) < 4.78 is 1.64. The van der Waals surface area contributed by atoms with Gasteiger partial charge in [0.05, 0.1) is 5.51 Å². The van der Waals surface area contributed by atoms with Crippen LogP contribution in [0.2, 0.25) is 0 Å². The number of nitrogens with zero attached hydrogens (tertiary/aromatic N) is 4. The van der Waals surface area contributed by atoms with Crippen LogP contribution in [0.15, 0.2) is 17.2 Å². The Morgan fingerprint density at radius 1 is 1.56 bits per heavy atom. The first-order chi connectivity index (χ1) is 7.75. The van der Waals surface area contributed by atoms with Crippen molar-refractivity contribution in [1.82, 2.24) is 25.1 Å². The number of carbonyl (C=O) groups is 1. The molecule has 0 bridgehead atoms. The minimum atomic E-state index is -0.155. The van der Waals surface area contributed by atoms with Crippen LogP contribution in [-0.4, -0.2) is 32.2 Å². The van der Waals surface area contributed by atoms with Gasteiger partial charge in [-0.2, -0.15) is 5.10 Å². The van der Waals surface area contributed by atoms with Gasteiger partial charge in [-0.25, -0.2) is 9.97 Å². The highest BCUT2D eigenvalue weighted by molar-refractivity contribution is 7.07. The molecular formula is C9H11N5OS. The maximum absolute atomic E-state index is 11.5. The summed E-state index contributed by atoms with van der Waals surface area (Å²) in [5, 5.41) is 8.59. The van der Waals surface area contributed by atoms with Crippen molar-refractivity contribution < 1.29 is 4.79 Å². The Morgan fingerprint density at radius 3 is 3.06 bits per heavy atom. The average molecular weight is 237 g/mol. The normalized spacial score (nSPS) is 10.3. The monoisotopic (exact) mass is 237 g/mol. The maximum atomic E-state index is 11.5. The van der Waals surface area contributed by atoms with E-state index in [2.05, 4.69) is 20.4 Å². The largest absolute Gasteiger partial charge is 0.350 e. The first-order valence-electron chi connectivity index (χ1n) is 4.76. The molecule has 0 aliphatic carbocycles. The second-order valence-electron chi connectivity index (χ2n) is 3.21. The smallest absolute Gasteiger partial charge is 0.270 e. The standard InChI is InChI=1S/C9H11N5OS/c1-14-5-11-8(13-14)2-3-10-9(15)7-4-16-6-12-7/h4-6H,2-3H2,1H3,(H,10,15). The SMILES string of the molecule is Cn1cnc(CCNC(=O)c2cscn2)n1. The van der Waals surface area contributed by atoms with E-state index in [-0.39, 0.29) is 5.91 Å². The van der Waals surface area contributed by atoms with E-state index in [1.54, 1.807) is 21.9 Å². The zero-order valence-electron chi connectivity index (χ0n) is 8.75. The average Bonchev–Trinajstić information content (AvgIpc) is 2.89. The lowest BCUT2D eigenvalue weighted by Gasteiger charge is -2.00. The Balaban J connectivity index is 1.78. The molecule has 2 rings (SSSR count). The number of carbonyl (C=O) groups excluding carboxylic acids is 1. The van der Waals surface area contributed by atoms with Gasteiger partial charge in [0.2, 0.25) is 0 Å². The van der Waals surface area contributed by atoms with Crippen molar-refractivity contribution in [2.75, 3.05) is 6.54 Å². The summed E-state index contributed by atoms with van der Waals surface area (Å²) >= 11 is 1.40. The topological polar surface area (TPSA) is 72.7 Å². The van der Waals surface area contributed by atoms with Gasteiger partial charge in [0, 0.05) is 25.4 Å².